The average Bonchev–Trinajstić information content (AvgIpc) is 3.53. The molecular formula is C28H32N2O5. The number of rotatable bonds is 6. The zero-order valence-corrected chi connectivity index (χ0v) is 20.2. The molecule has 0 spiro atoms. The largest absolute Gasteiger partial charge is 0.480 e. The van der Waals surface area contributed by atoms with Gasteiger partial charge in [-0.3, -0.25) is 4.79 Å². The minimum Gasteiger partial charge on any atom is -0.480 e. The van der Waals surface area contributed by atoms with E-state index in [1.54, 1.807) is 6.92 Å². The summed E-state index contributed by atoms with van der Waals surface area (Å²) in [5.41, 5.74) is 3.27. The van der Waals surface area contributed by atoms with Crippen molar-refractivity contribution in [3.05, 3.63) is 59.7 Å². The molecule has 7 heteroatoms. The van der Waals surface area contributed by atoms with Crippen LogP contribution in [0, 0.1) is 11.8 Å². The molecule has 0 bridgehead atoms. The van der Waals surface area contributed by atoms with Gasteiger partial charge >= 0.3 is 12.1 Å². The van der Waals surface area contributed by atoms with Gasteiger partial charge in [0.2, 0.25) is 5.91 Å². The fraction of sp³-hybridized carbons (Fsp3) is 0.464. The number of hydrogen-bond donors (Lipinski definition) is 2. The van der Waals surface area contributed by atoms with Gasteiger partial charge in [0.1, 0.15) is 18.2 Å². The van der Waals surface area contributed by atoms with Gasteiger partial charge in [0.25, 0.3) is 0 Å². The molecule has 35 heavy (non-hydrogen) atoms. The van der Waals surface area contributed by atoms with Crippen LogP contribution in [0.15, 0.2) is 48.5 Å². The van der Waals surface area contributed by atoms with Gasteiger partial charge < -0.3 is 20.1 Å². The topological polar surface area (TPSA) is 95.9 Å². The van der Waals surface area contributed by atoms with E-state index >= 15 is 0 Å². The van der Waals surface area contributed by atoms with E-state index in [-0.39, 0.29) is 30.3 Å². The molecular weight excluding hydrogens is 444 g/mol. The van der Waals surface area contributed by atoms with Crippen molar-refractivity contribution >= 4 is 18.0 Å². The number of amides is 2. The number of carbonyl (C=O) groups excluding carboxylic acids is 2. The normalized spacial score (nSPS) is 24.3. The van der Waals surface area contributed by atoms with Crippen LogP contribution >= 0.6 is 0 Å². The van der Waals surface area contributed by atoms with E-state index in [9.17, 15) is 19.5 Å². The van der Waals surface area contributed by atoms with Crippen molar-refractivity contribution in [3.63, 3.8) is 0 Å². The lowest BCUT2D eigenvalue weighted by Gasteiger charge is -2.35. The molecule has 4 unspecified atom stereocenters. The molecule has 184 valence electrons. The maximum Gasteiger partial charge on any atom is 0.408 e. The second-order valence-electron chi connectivity index (χ2n) is 10.2. The predicted octanol–water partition coefficient (Wildman–Crippen LogP) is 4.41. The third-order valence-corrected chi connectivity index (χ3v) is 8.31. The molecule has 5 rings (SSSR count). The summed E-state index contributed by atoms with van der Waals surface area (Å²) in [6.07, 6.45) is 2.43. The molecule has 0 radical (unpaired) electrons. The van der Waals surface area contributed by atoms with Crippen molar-refractivity contribution in [2.75, 3.05) is 13.2 Å². The van der Waals surface area contributed by atoms with E-state index in [1.165, 1.54) is 4.90 Å². The minimum absolute atomic E-state index is 0.00740. The molecule has 4 atom stereocenters. The molecule has 2 N–H and O–H groups in total. The van der Waals surface area contributed by atoms with Crippen molar-refractivity contribution in [2.24, 2.45) is 11.8 Å². The van der Waals surface area contributed by atoms with Crippen LogP contribution in [0.25, 0.3) is 11.1 Å². The van der Waals surface area contributed by atoms with Gasteiger partial charge in [-0.15, -0.1) is 0 Å². The lowest BCUT2D eigenvalue weighted by atomic mass is 9.93. The summed E-state index contributed by atoms with van der Waals surface area (Å²) in [5, 5.41) is 12.6. The van der Waals surface area contributed by atoms with E-state index in [0.29, 0.717) is 13.0 Å². The van der Waals surface area contributed by atoms with Crippen LogP contribution in [0.5, 0.6) is 0 Å². The summed E-state index contributed by atoms with van der Waals surface area (Å²) in [6, 6.07) is 15.4. The van der Waals surface area contributed by atoms with Gasteiger partial charge in [0.15, 0.2) is 0 Å². The Balaban J connectivity index is 1.28. The van der Waals surface area contributed by atoms with Gasteiger partial charge in [-0.2, -0.15) is 0 Å². The van der Waals surface area contributed by atoms with Gasteiger partial charge in [0.05, 0.1) is 0 Å². The average molecular weight is 477 g/mol. The zero-order chi connectivity index (χ0) is 24.7. The highest BCUT2D eigenvalue weighted by Gasteiger charge is 2.52. The summed E-state index contributed by atoms with van der Waals surface area (Å²) in [4.78, 5) is 40.0. The summed E-state index contributed by atoms with van der Waals surface area (Å²) in [5.74, 6) is -1.18. The number of hydrogen-bond acceptors (Lipinski definition) is 4. The van der Waals surface area contributed by atoms with Crippen molar-refractivity contribution in [1.29, 1.82) is 0 Å². The Bertz CT molecular complexity index is 1120. The number of carboxylic acids is 1. The van der Waals surface area contributed by atoms with E-state index < -0.39 is 23.6 Å². The number of aliphatic carboxylic acids is 1. The number of benzene rings is 2. The molecule has 2 fully saturated rings. The highest BCUT2D eigenvalue weighted by molar-refractivity contribution is 5.93. The number of fused-ring (bicyclic) bond motifs is 4. The summed E-state index contributed by atoms with van der Waals surface area (Å²) in [7, 11) is 0. The number of likely N-dealkylation sites (tertiary alicyclic amines) is 1. The Hall–Kier alpha value is -3.35. The van der Waals surface area contributed by atoms with Crippen LogP contribution in [0.4, 0.5) is 4.79 Å². The number of carbonyl (C=O) groups is 3. The number of carboxylic acid groups (broad SMARTS) is 1. The zero-order valence-electron chi connectivity index (χ0n) is 20.2. The number of ether oxygens (including phenoxy) is 1. The van der Waals surface area contributed by atoms with Gasteiger partial charge in [-0.25, -0.2) is 9.59 Å². The highest BCUT2D eigenvalue weighted by atomic mass is 16.5. The molecule has 1 saturated heterocycles. The third kappa shape index (κ3) is 3.97. The molecule has 1 aliphatic heterocycles. The third-order valence-electron chi connectivity index (χ3n) is 8.31. The van der Waals surface area contributed by atoms with Crippen LogP contribution in [0.2, 0.25) is 0 Å². The first-order chi connectivity index (χ1) is 16.8. The lowest BCUT2D eigenvalue weighted by molar-refractivity contribution is -0.152. The van der Waals surface area contributed by atoms with E-state index in [1.807, 2.05) is 31.2 Å². The van der Waals surface area contributed by atoms with Gasteiger partial charge in [0, 0.05) is 12.5 Å². The molecule has 2 amide bonds. The van der Waals surface area contributed by atoms with Gasteiger partial charge in [-0.05, 0) is 60.3 Å². The van der Waals surface area contributed by atoms with E-state index in [2.05, 4.69) is 29.6 Å². The fourth-order valence-electron chi connectivity index (χ4n) is 6.30. The summed E-state index contributed by atoms with van der Waals surface area (Å²) >= 11 is 0. The molecule has 1 saturated carbocycles. The Morgan fingerprint density at radius 1 is 1.06 bits per heavy atom. The minimum atomic E-state index is -1.24. The smallest absolute Gasteiger partial charge is 0.408 e. The molecule has 1 heterocycles. The Morgan fingerprint density at radius 3 is 2.29 bits per heavy atom. The second-order valence-corrected chi connectivity index (χ2v) is 10.2. The molecule has 2 aromatic carbocycles. The van der Waals surface area contributed by atoms with Gasteiger partial charge in [-0.1, -0.05) is 61.9 Å². The molecule has 0 aromatic heterocycles. The first kappa shape index (κ1) is 23.4. The van der Waals surface area contributed by atoms with Crippen LogP contribution in [0.3, 0.4) is 0 Å². The van der Waals surface area contributed by atoms with Crippen LogP contribution in [0.1, 0.15) is 56.6 Å². The van der Waals surface area contributed by atoms with Crippen molar-refractivity contribution in [2.45, 2.75) is 57.0 Å². The maximum absolute atomic E-state index is 13.6. The van der Waals surface area contributed by atoms with E-state index in [4.69, 9.17) is 4.74 Å². The maximum atomic E-state index is 13.6. The van der Waals surface area contributed by atoms with Crippen LogP contribution in [-0.4, -0.2) is 52.7 Å². The molecule has 7 nitrogen and oxygen atoms in total. The van der Waals surface area contributed by atoms with Crippen molar-refractivity contribution < 1.29 is 24.2 Å². The SMILES string of the molecule is CCC(C)(NC(=O)OCC1c2ccccc2-c2ccccc21)C(=O)N1CC2CCCC2C1C(=O)O. The Morgan fingerprint density at radius 2 is 1.69 bits per heavy atom. The Kier molecular flexibility index (Phi) is 6.03. The van der Waals surface area contributed by atoms with Crippen molar-refractivity contribution in [3.8, 4) is 11.1 Å². The summed E-state index contributed by atoms with van der Waals surface area (Å²) < 4.78 is 5.66. The van der Waals surface area contributed by atoms with Crippen LogP contribution < -0.4 is 5.32 Å². The standard InChI is InChI=1S/C28H32N2O5/c1-3-28(2,26(33)30-15-17-9-8-14-18(17)24(30)25(31)32)29-27(34)35-16-23-21-12-6-4-10-19(21)20-11-5-7-13-22(20)23/h4-7,10-13,17-18,23-24H,3,8-9,14-16H2,1-2H3,(H,29,34)(H,31,32). The number of nitrogens with one attached hydrogen (secondary N) is 1. The van der Waals surface area contributed by atoms with Crippen LogP contribution in [-0.2, 0) is 14.3 Å². The lowest BCUT2D eigenvalue weighted by Crippen LogP contribution is -2.60. The number of nitrogens with zero attached hydrogens (tertiary/aromatic N) is 1. The molecule has 2 aliphatic carbocycles. The molecule has 3 aliphatic rings. The summed E-state index contributed by atoms with van der Waals surface area (Å²) in [6.45, 7) is 4.06. The fourth-order valence-corrected chi connectivity index (χ4v) is 6.30. The first-order valence-electron chi connectivity index (χ1n) is 12.5. The quantitative estimate of drug-likeness (QED) is 0.644. The number of alkyl carbamates (subject to hydrolysis) is 1. The molecule has 2 aromatic rings. The van der Waals surface area contributed by atoms with E-state index in [0.717, 1.165) is 41.5 Å². The highest BCUT2D eigenvalue weighted by Crippen LogP contribution is 2.45. The second kappa shape index (κ2) is 9.02. The first-order valence-corrected chi connectivity index (χ1v) is 12.5. The van der Waals surface area contributed by atoms with Crippen molar-refractivity contribution in [1.82, 2.24) is 10.2 Å². The predicted molar refractivity (Wildman–Crippen MR) is 131 cm³/mol. The Labute approximate surface area is 205 Å². The monoisotopic (exact) mass is 476 g/mol.